The van der Waals surface area contributed by atoms with Crippen LogP contribution in [0.25, 0.3) is 27.2 Å². The number of nitrogens with zero attached hydrogens (tertiary/aromatic N) is 2. The van der Waals surface area contributed by atoms with Gasteiger partial charge >= 0.3 is 0 Å². The van der Waals surface area contributed by atoms with Gasteiger partial charge in [-0.2, -0.15) is 0 Å². The molecule has 0 aliphatic carbocycles. The van der Waals surface area contributed by atoms with Crippen molar-refractivity contribution in [3.63, 3.8) is 0 Å². The van der Waals surface area contributed by atoms with Crippen molar-refractivity contribution in [3.05, 3.63) is 81.9 Å². The van der Waals surface area contributed by atoms with Gasteiger partial charge in [0, 0.05) is 12.6 Å². The third-order valence-corrected chi connectivity index (χ3v) is 4.93. The molecule has 0 unspecified atom stereocenters. The lowest BCUT2D eigenvalue weighted by Crippen LogP contribution is -2.27. The lowest BCUT2D eigenvalue weighted by Gasteiger charge is -2.09. The molecule has 0 saturated carbocycles. The number of rotatable bonds is 1. The van der Waals surface area contributed by atoms with Gasteiger partial charge in [0.15, 0.2) is 34.9 Å². The van der Waals surface area contributed by atoms with Crippen LogP contribution in [0.2, 0.25) is 0 Å². The molecule has 154 valence electrons. The van der Waals surface area contributed by atoms with Gasteiger partial charge in [0.05, 0.1) is 21.5 Å². The lowest BCUT2D eigenvalue weighted by molar-refractivity contribution is 0.424. The molecule has 0 radical (unpaired) electrons. The number of hydrogen-bond donors (Lipinski definition) is 0. The maximum atomic E-state index is 14.9. The molecule has 4 aromatic rings. The molecule has 4 rings (SSSR count). The number of halogens is 6. The van der Waals surface area contributed by atoms with Crippen molar-refractivity contribution >= 4 is 21.5 Å². The Balaban J connectivity index is 2.35. The zero-order valence-electron chi connectivity index (χ0n) is 14.8. The van der Waals surface area contributed by atoms with Gasteiger partial charge in [-0.25, -0.2) is 30.9 Å². The fourth-order valence-electron chi connectivity index (χ4n) is 3.37. The van der Waals surface area contributed by atoms with Gasteiger partial charge < -0.3 is 0 Å². The molecule has 0 saturated heterocycles. The summed E-state index contributed by atoms with van der Waals surface area (Å²) in [4.78, 5) is 49.3. The Morgan fingerprint density at radius 2 is 0.933 bits per heavy atom. The quantitative estimate of drug-likeness (QED) is 0.262. The minimum atomic E-state index is -2.29. The maximum Gasteiger partial charge on any atom is 0.269 e. The second-order valence-corrected chi connectivity index (χ2v) is 6.47. The molecule has 6 nitrogen and oxygen atoms in total. The monoisotopic (exact) mass is 428 g/mol. The average Bonchev–Trinajstić information content (AvgIpc) is 3.10. The number of hydrogen-bond acceptors (Lipinski definition) is 4. The van der Waals surface area contributed by atoms with Crippen LogP contribution < -0.4 is 22.2 Å². The third kappa shape index (κ3) is 2.05. The summed E-state index contributed by atoms with van der Waals surface area (Å²) in [5.41, 5.74) is -9.07. The first kappa shape index (κ1) is 19.6. The Morgan fingerprint density at radius 1 is 0.533 bits per heavy atom. The van der Waals surface area contributed by atoms with Gasteiger partial charge in [-0.05, 0) is 6.92 Å². The molecular weight excluding hydrogens is 422 g/mol. The topological polar surface area (TPSA) is 78.1 Å². The van der Waals surface area contributed by atoms with E-state index in [0.717, 1.165) is 7.05 Å². The van der Waals surface area contributed by atoms with Crippen LogP contribution in [-0.2, 0) is 7.05 Å². The van der Waals surface area contributed by atoms with E-state index in [0.29, 0.717) is 11.5 Å². The Labute approximate surface area is 159 Å². The van der Waals surface area contributed by atoms with Gasteiger partial charge in [0.1, 0.15) is 5.69 Å². The van der Waals surface area contributed by atoms with Crippen LogP contribution in [-0.4, -0.2) is 9.13 Å². The van der Waals surface area contributed by atoms with Gasteiger partial charge in [-0.3, -0.25) is 23.7 Å². The summed E-state index contributed by atoms with van der Waals surface area (Å²) in [6.45, 7) is 0.678. The molecule has 2 aromatic heterocycles. The van der Waals surface area contributed by atoms with E-state index in [1.54, 1.807) is 0 Å². The molecule has 0 N–H and O–H groups in total. The van der Waals surface area contributed by atoms with Crippen LogP contribution in [0.1, 0.15) is 5.56 Å². The predicted octanol–water partition coefficient (Wildman–Crippen LogP) is 1.58. The highest BCUT2D eigenvalue weighted by atomic mass is 19.2. The summed E-state index contributed by atoms with van der Waals surface area (Å²) in [5, 5.41) is -5.00. The first-order valence-electron chi connectivity index (χ1n) is 8.02. The lowest BCUT2D eigenvalue weighted by atomic mass is 10.1. The minimum absolute atomic E-state index is 0.344. The van der Waals surface area contributed by atoms with E-state index in [2.05, 4.69) is 0 Å². The van der Waals surface area contributed by atoms with E-state index in [4.69, 9.17) is 0 Å². The van der Waals surface area contributed by atoms with Gasteiger partial charge in [-0.1, -0.05) is 0 Å². The van der Waals surface area contributed by atoms with Gasteiger partial charge in [-0.15, -0.1) is 0 Å². The standard InChI is InChI=1S/C18H6F6N2O4/c1-3-8(19)12(23)13(24)14(9(3)20)26-17(29)6-7(18(26)30)11(22)5-4(10(6)21)15(27)25(2)16(5)28/h1-2H3. The fourth-order valence-corrected chi connectivity index (χ4v) is 3.37. The van der Waals surface area contributed by atoms with E-state index < -0.39 is 94.5 Å². The second-order valence-electron chi connectivity index (χ2n) is 6.47. The summed E-state index contributed by atoms with van der Waals surface area (Å²) in [5.74, 6) is -11.8. The molecule has 0 bridgehead atoms. The zero-order valence-corrected chi connectivity index (χ0v) is 14.8. The number of fused-ring (bicyclic) bond motifs is 2. The summed E-state index contributed by atoms with van der Waals surface area (Å²) in [6.07, 6.45) is 0. The molecule has 0 fully saturated rings. The fraction of sp³-hybridized carbons (Fsp3) is 0.111. The molecule has 12 heteroatoms. The van der Waals surface area contributed by atoms with Crippen LogP contribution in [0.5, 0.6) is 0 Å². The van der Waals surface area contributed by atoms with Crippen LogP contribution in [0.15, 0.2) is 19.2 Å². The van der Waals surface area contributed by atoms with Crippen molar-refractivity contribution in [1.29, 1.82) is 0 Å². The van der Waals surface area contributed by atoms with E-state index in [-0.39, 0.29) is 0 Å². The van der Waals surface area contributed by atoms with E-state index in [1.807, 2.05) is 0 Å². The zero-order chi connectivity index (χ0) is 22.4. The Bertz CT molecular complexity index is 1540. The van der Waals surface area contributed by atoms with E-state index in [1.165, 1.54) is 0 Å². The molecule has 2 aromatic carbocycles. The largest absolute Gasteiger partial charge is 0.277 e. The van der Waals surface area contributed by atoms with Crippen molar-refractivity contribution in [2.24, 2.45) is 7.05 Å². The first-order valence-corrected chi connectivity index (χ1v) is 8.02. The predicted molar refractivity (Wildman–Crippen MR) is 91.7 cm³/mol. The summed E-state index contributed by atoms with van der Waals surface area (Å²) < 4.78 is 85.7. The summed E-state index contributed by atoms with van der Waals surface area (Å²) >= 11 is 0. The van der Waals surface area contributed by atoms with Crippen molar-refractivity contribution in [3.8, 4) is 5.69 Å². The molecular formula is C18H6F6N2O4. The highest BCUT2D eigenvalue weighted by molar-refractivity contribution is 5.99. The SMILES string of the molecule is Cc1c(F)c(F)c(F)c(-n2c(=O)c3c(F)c4c(=O)n(C)c(=O)c4c(F)c3c2=O)c1F. The van der Waals surface area contributed by atoms with Crippen molar-refractivity contribution < 1.29 is 26.3 Å². The third-order valence-electron chi connectivity index (χ3n) is 4.93. The highest BCUT2D eigenvalue weighted by Crippen LogP contribution is 2.28. The van der Waals surface area contributed by atoms with Crippen LogP contribution in [0.4, 0.5) is 26.3 Å². The second kappa shape index (κ2) is 5.90. The molecule has 0 amide bonds. The maximum absolute atomic E-state index is 14.9. The number of aromatic nitrogens is 2. The number of benzene rings is 2. The minimum Gasteiger partial charge on any atom is -0.277 e. The molecule has 0 atom stereocenters. The van der Waals surface area contributed by atoms with Gasteiger partial charge in [0.2, 0.25) is 0 Å². The summed E-state index contributed by atoms with van der Waals surface area (Å²) in [7, 11) is 0.902. The summed E-state index contributed by atoms with van der Waals surface area (Å²) in [6, 6.07) is 0. The average molecular weight is 428 g/mol. The normalized spacial score (nSPS) is 11.9. The van der Waals surface area contributed by atoms with E-state index >= 15 is 0 Å². The molecule has 0 aliphatic rings. The van der Waals surface area contributed by atoms with Crippen LogP contribution in [0.3, 0.4) is 0 Å². The smallest absolute Gasteiger partial charge is 0.269 e. The highest BCUT2D eigenvalue weighted by Gasteiger charge is 2.33. The Morgan fingerprint density at radius 3 is 1.37 bits per heavy atom. The van der Waals surface area contributed by atoms with Crippen LogP contribution in [0, 0.1) is 41.8 Å². The van der Waals surface area contributed by atoms with E-state index in [9.17, 15) is 45.5 Å². The van der Waals surface area contributed by atoms with Gasteiger partial charge in [0.25, 0.3) is 22.2 Å². The van der Waals surface area contributed by atoms with Crippen molar-refractivity contribution in [1.82, 2.24) is 9.13 Å². The Kier molecular flexibility index (Phi) is 3.86. The molecule has 2 heterocycles. The van der Waals surface area contributed by atoms with Crippen LogP contribution >= 0.6 is 0 Å². The molecule has 0 spiro atoms. The Hall–Kier alpha value is -3.70. The first-order chi connectivity index (χ1) is 13.9. The molecule has 30 heavy (non-hydrogen) atoms. The molecule has 0 aliphatic heterocycles. The van der Waals surface area contributed by atoms with Crippen molar-refractivity contribution in [2.45, 2.75) is 6.92 Å². The van der Waals surface area contributed by atoms with Crippen molar-refractivity contribution in [2.75, 3.05) is 0 Å².